The number of ether oxygens (including phenoxy) is 2. The van der Waals surface area contributed by atoms with Gasteiger partial charge >= 0.3 is 5.97 Å². The molecule has 0 saturated carbocycles. The van der Waals surface area contributed by atoms with Crippen LogP contribution in [0.1, 0.15) is 11.1 Å². The molecule has 0 aliphatic carbocycles. The number of nitrogens with one attached hydrogen (secondary N) is 1. The van der Waals surface area contributed by atoms with Crippen LogP contribution >= 0.6 is 11.6 Å². The van der Waals surface area contributed by atoms with Crippen molar-refractivity contribution in [3.8, 4) is 11.5 Å². The highest BCUT2D eigenvalue weighted by molar-refractivity contribution is 6.32. The number of benzene rings is 2. The minimum absolute atomic E-state index is 0.351. The molecule has 0 fully saturated rings. The number of methoxy groups -OCH3 is 2. The number of carboxylic acids is 1. The van der Waals surface area contributed by atoms with Crippen molar-refractivity contribution in [2.24, 2.45) is 0 Å². The minimum Gasteiger partial charge on any atom is -0.493 e. The van der Waals surface area contributed by atoms with Gasteiger partial charge in [-0.05, 0) is 29.7 Å². The smallest absolute Gasteiger partial charge is 0.321 e. The molecule has 6 heteroatoms. The fourth-order valence-electron chi connectivity index (χ4n) is 2.41. The van der Waals surface area contributed by atoms with Crippen molar-refractivity contribution in [1.29, 1.82) is 0 Å². The summed E-state index contributed by atoms with van der Waals surface area (Å²) in [5.41, 5.74) is 1.78. The lowest BCUT2D eigenvalue weighted by Gasteiger charge is -2.16. The van der Waals surface area contributed by atoms with Crippen LogP contribution in [0.25, 0.3) is 0 Å². The van der Waals surface area contributed by atoms with Crippen molar-refractivity contribution >= 4 is 17.6 Å². The standard InChI is InChI=1S/C18H20ClNO4/c1-23-16-10-13(8-14(19)17(16)24-2)11-20-15(18(21)22)9-12-6-4-3-5-7-12/h3-8,10,15,20H,9,11H2,1-2H3,(H,21,22). The third-order valence-corrected chi connectivity index (χ3v) is 3.91. The van der Waals surface area contributed by atoms with Crippen LogP contribution < -0.4 is 14.8 Å². The first-order chi connectivity index (χ1) is 11.5. The molecule has 0 amide bonds. The Balaban J connectivity index is 2.09. The van der Waals surface area contributed by atoms with Gasteiger partial charge in [-0.3, -0.25) is 4.79 Å². The van der Waals surface area contributed by atoms with Gasteiger partial charge in [0.05, 0.1) is 19.2 Å². The molecule has 1 unspecified atom stereocenters. The van der Waals surface area contributed by atoms with Gasteiger partial charge in [0.2, 0.25) is 0 Å². The van der Waals surface area contributed by atoms with E-state index in [1.165, 1.54) is 14.2 Å². The number of rotatable bonds is 8. The highest BCUT2D eigenvalue weighted by atomic mass is 35.5. The quantitative estimate of drug-likeness (QED) is 0.766. The van der Waals surface area contributed by atoms with Gasteiger partial charge in [0, 0.05) is 6.54 Å². The largest absolute Gasteiger partial charge is 0.493 e. The van der Waals surface area contributed by atoms with Crippen LogP contribution in [-0.2, 0) is 17.8 Å². The lowest BCUT2D eigenvalue weighted by molar-refractivity contribution is -0.139. The molecule has 0 radical (unpaired) electrons. The maximum absolute atomic E-state index is 11.5. The maximum atomic E-state index is 11.5. The number of carbonyl (C=O) groups is 1. The van der Waals surface area contributed by atoms with E-state index in [1.54, 1.807) is 12.1 Å². The van der Waals surface area contributed by atoms with E-state index in [0.717, 1.165) is 11.1 Å². The lowest BCUT2D eigenvalue weighted by atomic mass is 10.1. The van der Waals surface area contributed by atoms with Gasteiger partial charge in [0.15, 0.2) is 11.5 Å². The van der Waals surface area contributed by atoms with Crippen LogP contribution in [0.4, 0.5) is 0 Å². The molecule has 0 saturated heterocycles. The molecule has 0 heterocycles. The Bertz CT molecular complexity index is 691. The van der Waals surface area contributed by atoms with E-state index in [0.29, 0.717) is 29.5 Å². The van der Waals surface area contributed by atoms with Gasteiger partial charge in [0.25, 0.3) is 0 Å². The molecule has 0 aliphatic rings. The molecule has 5 nitrogen and oxygen atoms in total. The summed E-state index contributed by atoms with van der Waals surface area (Å²) in [6, 6.07) is 12.3. The summed E-state index contributed by atoms with van der Waals surface area (Å²) >= 11 is 6.17. The molecule has 2 rings (SSSR count). The molecule has 0 bridgehead atoms. The van der Waals surface area contributed by atoms with Crippen molar-refractivity contribution in [1.82, 2.24) is 5.32 Å². The molecule has 128 valence electrons. The number of hydrogen-bond donors (Lipinski definition) is 2. The highest BCUT2D eigenvalue weighted by Crippen LogP contribution is 2.35. The molecule has 2 N–H and O–H groups in total. The minimum atomic E-state index is -0.898. The zero-order valence-electron chi connectivity index (χ0n) is 13.6. The van der Waals surface area contributed by atoms with Gasteiger partial charge in [0.1, 0.15) is 6.04 Å². The predicted molar refractivity (Wildman–Crippen MR) is 93.0 cm³/mol. The van der Waals surface area contributed by atoms with E-state index >= 15 is 0 Å². The first-order valence-electron chi connectivity index (χ1n) is 7.45. The molecule has 0 aromatic heterocycles. The van der Waals surface area contributed by atoms with Gasteiger partial charge in [-0.25, -0.2) is 0 Å². The van der Waals surface area contributed by atoms with E-state index in [4.69, 9.17) is 21.1 Å². The second-order valence-corrected chi connectivity index (χ2v) is 5.68. The highest BCUT2D eigenvalue weighted by Gasteiger charge is 2.18. The molecule has 1 atom stereocenters. The Labute approximate surface area is 146 Å². The number of hydrogen-bond acceptors (Lipinski definition) is 4. The van der Waals surface area contributed by atoms with Crippen LogP contribution in [0.2, 0.25) is 5.02 Å². The van der Waals surface area contributed by atoms with E-state index < -0.39 is 12.0 Å². The normalized spacial score (nSPS) is 11.8. The fourth-order valence-corrected chi connectivity index (χ4v) is 2.72. The Morgan fingerprint density at radius 3 is 2.46 bits per heavy atom. The van der Waals surface area contributed by atoms with Gasteiger partial charge in [-0.15, -0.1) is 0 Å². The third kappa shape index (κ3) is 4.63. The van der Waals surface area contributed by atoms with Crippen LogP contribution in [0.5, 0.6) is 11.5 Å². The first-order valence-corrected chi connectivity index (χ1v) is 7.83. The molecule has 0 spiro atoms. The zero-order chi connectivity index (χ0) is 17.5. The average Bonchev–Trinajstić information content (AvgIpc) is 2.58. The van der Waals surface area contributed by atoms with Crippen molar-refractivity contribution in [3.63, 3.8) is 0 Å². The van der Waals surface area contributed by atoms with Crippen molar-refractivity contribution in [3.05, 3.63) is 58.6 Å². The number of carboxylic acid groups (broad SMARTS) is 1. The lowest BCUT2D eigenvalue weighted by Crippen LogP contribution is -2.38. The molecule has 0 aliphatic heterocycles. The third-order valence-electron chi connectivity index (χ3n) is 3.63. The van der Waals surface area contributed by atoms with Gasteiger partial charge in [-0.1, -0.05) is 41.9 Å². The maximum Gasteiger partial charge on any atom is 0.321 e. The zero-order valence-corrected chi connectivity index (χ0v) is 14.3. The van der Waals surface area contributed by atoms with Crippen LogP contribution in [0.3, 0.4) is 0 Å². The average molecular weight is 350 g/mol. The summed E-state index contributed by atoms with van der Waals surface area (Å²) in [5, 5.41) is 12.9. The Hall–Kier alpha value is -2.24. The summed E-state index contributed by atoms with van der Waals surface area (Å²) in [6.07, 6.45) is 0.400. The monoisotopic (exact) mass is 349 g/mol. The summed E-state index contributed by atoms with van der Waals surface area (Å²) in [7, 11) is 3.04. The molecule has 2 aromatic rings. The van der Waals surface area contributed by atoms with Crippen LogP contribution in [-0.4, -0.2) is 31.3 Å². The van der Waals surface area contributed by atoms with Crippen LogP contribution in [0.15, 0.2) is 42.5 Å². The van der Waals surface area contributed by atoms with Gasteiger partial charge in [-0.2, -0.15) is 0 Å². The topological polar surface area (TPSA) is 67.8 Å². The van der Waals surface area contributed by atoms with Crippen LogP contribution in [0, 0.1) is 0 Å². The molecular weight excluding hydrogens is 330 g/mol. The number of halogens is 1. The van der Waals surface area contributed by atoms with E-state index in [9.17, 15) is 9.90 Å². The molecule has 2 aromatic carbocycles. The molecule has 24 heavy (non-hydrogen) atoms. The summed E-state index contributed by atoms with van der Waals surface area (Å²) < 4.78 is 10.4. The predicted octanol–water partition coefficient (Wildman–Crippen LogP) is 3.14. The first kappa shape index (κ1) is 18.1. The fraction of sp³-hybridized carbons (Fsp3) is 0.278. The van der Waals surface area contributed by atoms with Crippen molar-refractivity contribution < 1.29 is 19.4 Å². The Kier molecular flexibility index (Phi) is 6.46. The Morgan fingerprint density at radius 1 is 1.17 bits per heavy atom. The van der Waals surface area contributed by atoms with E-state index in [1.807, 2.05) is 30.3 Å². The van der Waals surface area contributed by atoms with E-state index in [-0.39, 0.29) is 0 Å². The second-order valence-electron chi connectivity index (χ2n) is 5.27. The van der Waals surface area contributed by atoms with Gasteiger partial charge < -0.3 is 19.9 Å². The van der Waals surface area contributed by atoms with E-state index in [2.05, 4.69) is 5.32 Å². The molecular formula is C18H20ClNO4. The second kappa shape index (κ2) is 8.57. The SMILES string of the molecule is COc1cc(CNC(Cc2ccccc2)C(=O)O)cc(Cl)c1OC. The van der Waals surface area contributed by atoms with Crippen molar-refractivity contribution in [2.45, 2.75) is 19.0 Å². The number of aliphatic carboxylic acids is 1. The summed E-state index contributed by atoms with van der Waals surface area (Å²) in [5.74, 6) is 0.0733. The summed E-state index contributed by atoms with van der Waals surface area (Å²) in [4.78, 5) is 11.5. The van der Waals surface area contributed by atoms with Crippen molar-refractivity contribution in [2.75, 3.05) is 14.2 Å². The Morgan fingerprint density at radius 2 is 1.88 bits per heavy atom. The summed E-state index contributed by atoms with van der Waals surface area (Å²) in [6.45, 7) is 0.351.